The first-order valence-corrected chi connectivity index (χ1v) is 9.04. The highest BCUT2D eigenvalue weighted by atomic mass is 16.6. The van der Waals surface area contributed by atoms with Crippen LogP contribution in [0.15, 0.2) is 18.2 Å². The number of hydrogen-bond acceptors (Lipinski definition) is 5. The van der Waals surface area contributed by atoms with Crippen molar-refractivity contribution >= 4 is 17.3 Å². The number of likely N-dealkylation sites (tertiary alicyclic amines) is 1. The molecule has 1 unspecified atom stereocenters. The lowest BCUT2D eigenvalue weighted by Gasteiger charge is -2.32. The van der Waals surface area contributed by atoms with Crippen LogP contribution in [0.25, 0.3) is 0 Å². The van der Waals surface area contributed by atoms with Gasteiger partial charge in [-0.05, 0) is 43.7 Å². The van der Waals surface area contributed by atoms with Crippen molar-refractivity contribution in [3.63, 3.8) is 0 Å². The van der Waals surface area contributed by atoms with Crippen LogP contribution in [-0.2, 0) is 0 Å². The molecule has 3 rings (SSSR count). The van der Waals surface area contributed by atoms with Gasteiger partial charge in [0.15, 0.2) is 0 Å². The second-order valence-corrected chi connectivity index (χ2v) is 7.28. The van der Waals surface area contributed by atoms with Gasteiger partial charge in [-0.3, -0.25) is 14.9 Å². The maximum atomic E-state index is 12.7. The van der Waals surface area contributed by atoms with E-state index in [4.69, 9.17) is 5.73 Å². The first kappa shape index (κ1) is 17.7. The molecule has 2 heterocycles. The highest BCUT2D eigenvalue weighted by Gasteiger charge is 2.27. The molecule has 25 heavy (non-hydrogen) atoms. The van der Waals surface area contributed by atoms with E-state index in [9.17, 15) is 14.9 Å². The number of benzene rings is 1. The molecule has 0 bridgehead atoms. The fourth-order valence-electron chi connectivity index (χ4n) is 3.70. The van der Waals surface area contributed by atoms with Gasteiger partial charge in [0.1, 0.15) is 5.69 Å². The van der Waals surface area contributed by atoms with Gasteiger partial charge < -0.3 is 15.5 Å². The molecule has 2 N–H and O–H groups in total. The average Bonchev–Trinajstić information content (AvgIpc) is 2.61. The SMILES string of the molecule is CC1CCN(c2ccc(C(=O)N3CCCC(N)C3)cc2[N+](=O)[O-])CC1. The number of rotatable bonds is 3. The van der Waals surface area contributed by atoms with Gasteiger partial charge in [-0.25, -0.2) is 0 Å². The lowest BCUT2D eigenvalue weighted by atomic mass is 9.98. The number of nitrogens with zero attached hydrogens (tertiary/aromatic N) is 3. The van der Waals surface area contributed by atoms with Crippen molar-refractivity contribution in [3.8, 4) is 0 Å². The van der Waals surface area contributed by atoms with E-state index < -0.39 is 0 Å². The van der Waals surface area contributed by atoms with Gasteiger partial charge in [0.2, 0.25) is 0 Å². The summed E-state index contributed by atoms with van der Waals surface area (Å²) in [5.74, 6) is 0.483. The lowest BCUT2D eigenvalue weighted by Crippen LogP contribution is -2.45. The summed E-state index contributed by atoms with van der Waals surface area (Å²) in [6, 6.07) is 4.85. The van der Waals surface area contributed by atoms with Crippen molar-refractivity contribution in [1.29, 1.82) is 0 Å². The third-order valence-electron chi connectivity index (χ3n) is 5.29. The molecule has 0 spiro atoms. The molecule has 1 atom stereocenters. The van der Waals surface area contributed by atoms with Crippen LogP contribution in [0.4, 0.5) is 11.4 Å². The molecule has 1 aromatic rings. The molecule has 1 amide bonds. The largest absolute Gasteiger partial charge is 0.366 e. The number of anilines is 1. The summed E-state index contributed by atoms with van der Waals surface area (Å²) in [6.45, 7) is 5.01. The normalized spacial score (nSPS) is 22.1. The van der Waals surface area contributed by atoms with E-state index in [1.807, 2.05) is 0 Å². The average molecular weight is 346 g/mol. The molecule has 136 valence electrons. The maximum Gasteiger partial charge on any atom is 0.293 e. The molecular weight excluding hydrogens is 320 g/mol. The number of nitro benzene ring substituents is 1. The van der Waals surface area contributed by atoms with Crippen molar-refractivity contribution in [3.05, 3.63) is 33.9 Å². The van der Waals surface area contributed by atoms with E-state index in [0.29, 0.717) is 30.3 Å². The van der Waals surface area contributed by atoms with E-state index in [1.165, 1.54) is 6.07 Å². The first-order valence-electron chi connectivity index (χ1n) is 9.04. The second-order valence-electron chi connectivity index (χ2n) is 7.28. The van der Waals surface area contributed by atoms with Gasteiger partial charge in [-0.15, -0.1) is 0 Å². The molecular formula is C18H26N4O3. The molecule has 2 saturated heterocycles. The zero-order chi connectivity index (χ0) is 18.0. The van der Waals surface area contributed by atoms with E-state index >= 15 is 0 Å². The van der Waals surface area contributed by atoms with Crippen LogP contribution in [0, 0.1) is 16.0 Å². The minimum atomic E-state index is -0.383. The summed E-state index contributed by atoms with van der Waals surface area (Å²) in [7, 11) is 0. The molecule has 2 aliphatic heterocycles. The Morgan fingerprint density at radius 3 is 2.60 bits per heavy atom. The van der Waals surface area contributed by atoms with Crippen molar-refractivity contribution < 1.29 is 9.72 Å². The maximum absolute atomic E-state index is 12.7. The Morgan fingerprint density at radius 1 is 1.24 bits per heavy atom. The van der Waals surface area contributed by atoms with Crippen LogP contribution in [0.1, 0.15) is 43.0 Å². The monoisotopic (exact) mass is 346 g/mol. The van der Waals surface area contributed by atoms with E-state index in [-0.39, 0.29) is 22.6 Å². The standard InChI is InChI=1S/C18H26N4O3/c1-13-6-9-20(10-7-13)16-5-4-14(11-17(16)22(24)25)18(23)21-8-2-3-15(19)12-21/h4-5,11,13,15H,2-3,6-10,12,19H2,1H3. The fraction of sp³-hybridized carbons (Fsp3) is 0.611. The zero-order valence-corrected chi connectivity index (χ0v) is 14.7. The molecule has 7 heteroatoms. The van der Waals surface area contributed by atoms with Gasteiger partial charge in [-0.2, -0.15) is 0 Å². The number of carbonyl (C=O) groups excluding carboxylic acids is 1. The highest BCUT2D eigenvalue weighted by Crippen LogP contribution is 2.32. The number of carbonyl (C=O) groups is 1. The molecule has 1 aromatic carbocycles. The second kappa shape index (κ2) is 7.39. The molecule has 0 aliphatic carbocycles. The van der Waals surface area contributed by atoms with Crippen LogP contribution in [0.5, 0.6) is 0 Å². The van der Waals surface area contributed by atoms with Crippen LogP contribution in [0.2, 0.25) is 0 Å². The summed E-state index contributed by atoms with van der Waals surface area (Å²) in [4.78, 5) is 27.6. The van der Waals surface area contributed by atoms with Gasteiger partial charge in [0, 0.05) is 43.9 Å². The number of hydrogen-bond donors (Lipinski definition) is 1. The predicted molar refractivity (Wildman–Crippen MR) is 96.8 cm³/mol. The van der Waals surface area contributed by atoms with Gasteiger partial charge in [-0.1, -0.05) is 6.92 Å². The Labute approximate surface area is 147 Å². The Bertz CT molecular complexity index is 656. The van der Waals surface area contributed by atoms with Gasteiger partial charge in [0.05, 0.1) is 4.92 Å². The minimum Gasteiger partial charge on any atom is -0.366 e. The summed E-state index contributed by atoms with van der Waals surface area (Å²) in [6.07, 6.45) is 3.85. The van der Waals surface area contributed by atoms with E-state index in [0.717, 1.165) is 38.8 Å². The van der Waals surface area contributed by atoms with Crippen molar-refractivity contribution in [2.24, 2.45) is 11.7 Å². The minimum absolute atomic E-state index is 0.0118. The van der Waals surface area contributed by atoms with Crippen LogP contribution in [0.3, 0.4) is 0 Å². The Morgan fingerprint density at radius 2 is 1.96 bits per heavy atom. The summed E-state index contributed by atoms with van der Waals surface area (Å²) in [5.41, 5.74) is 6.94. The third kappa shape index (κ3) is 3.92. The number of amides is 1. The summed E-state index contributed by atoms with van der Waals surface area (Å²) >= 11 is 0. The van der Waals surface area contributed by atoms with Gasteiger partial charge in [0.25, 0.3) is 11.6 Å². The van der Waals surface area contributed by atoms with E-state index in [1.54, 1.807) is 17.0 Å². The Hall–Kier alpha value is -2.15. The molecule has 7 nitrogen and oxygen atoms in total. The van der Waals surface area contributed by atoms with E-state index in [2.05, 4.69) is 11.8 Å². The predicted octanol–water partition coefficient (Wildman–Crippen LogP) is 2.39. The van der Waals surface area contributed by atoms with Crippen LogP contribution >= 0.6 is 0 Å². The topological polar surface area (TPSA) is 92.7 Å². The smallest absolute Gasteiger partial charge is 0.293 e. The number of nitrogens with two attached hydrogens (primary N) is 1. The zero-order valence-electron chi connectivity index (χ0n) is 14.7. The first-order chi connectivity index (χ1) is 12.0. The molecule has 0 aromatic heterocycles. The molecule has 2 fully saturated rings. The highest BCUT2D eigenvalue weighted by molar-refractivity contribution is 5.96. The molecule has 0 saturated carbocycles. The fourth-order valence-corrected chi connectivity index (χ4v) is 3.70. The summed E-state index contributed by atoms with van der Waals surface area (Å²) < 4.78 is 0. The van der Waals surface area contributed by atoms with Crippen LogP contribution < -0.4 is 10.6 Å². The number of nitro groups is 1. The molecule has 2 aliphatic rings. The van der Waals surface area contributed by atoms with Crippen molar-refractivity contribution in [1.82, 2.24) is 4.90 Å². The van der Waals surface area contributed by atoms with Crippen LogP contribution in [-0.4, -0.2) is 48.0 Å². The Balaban J connectivity index is 1.83. The van der Waals surface area contributed by atoms with Crippen molar-refractivity contribution in [2.75, 3.05) is 31.1 Å². The lowest BCUT2D eigenvalue weighted by molar-refractivity contribution is -0.384. The van der Waals surface area contributed by atoms with Gasteiger partial charge >= 0.3 is 0 Å². The Kier molecular flexibility index (Phi) is 5.22. The quantitative estimate of drug-likeness (QED) is 0.670. The number of piperidine rings is 2. The third-order valence-corrected chi connectivity index (χ3v) is 5.29. The summed E-state index contributed by atoms with van der Waals surface area (Å²) in [5, 5.41) is 11.6. The molecule has 0 radical (unpaired) electrons. The van der Waals surface area contributed by atoms with Crippen molar-refractivity contribution in [2.45, 2.75) is 38.6 Å².